The zero-order valence-electron chi connectivity index (χ0n) is 6.06. The summed E-state index contributed by atoms with van der Waals surface area (Å²) >= 11 is 0. The second-order valence-electron chi connectivity index (χ2n) is 1.60. The average Bonchev–Trinajstić information content (AvgIpc) is 1.91. The predicted octanol–water partition coefficient (Wildman–Crippen LogP) is -1.80. The zero-order chi connectivity index (χ0) is 9.33. The predicted molar refractivity (Wildman–Crippen MR) is 39.9 cm³/mol. The molecule has 0 unspecified atom stereocenters. The molecule has 0 aromatic heterocycles. The molecule has 0 bridgehead atoms. The Labute approximate surface area is 65.6 Å². The van der Waals surface area contributed by atoms with E-state index in [1.165, 1.54) is 0 Å². The van der Waals surface area contributed by atoms with Gasteiger partial charge in [-0.15, -0.1) is 0 Å². The van der Waals surface area contributed by atoms with Gasteiger partial charge >= 0.3 is 0 Å². The van der Waals surface area contributed by atoms with Gasteiger partial charge in [0.2, 0.25) is 0 Å². The fourth-order valence-corrected chi connectivity index (χ4v) is 1.14. The summed E-state index contributed by atoms with van der Waals surface area (Å²) in [6, 6.07) is 0. The van der Waals surface area contributed by atoms with E-state index in [9.17, 15) is 8.42 Å². The molecule has 0 heterocycles. The van der Waals surface area contributed by atoms with E-state index in [1.807, 2.05) is 6.79 Å². The Morgan fingerprint density at radius 3 is 1.45 bits per heavy atom. The lowest BCUT2D eigenvalue weighted by molar-refractivity contribution is -0.0979. The Bertz CT molecular complexity index is 150. The van der Waals surface area contributed by atoms with Gasteiger partial charge in [0.25, 0.3) is 0 Å². The second-order valence-corrected chi connectivity index (χ2v) is 3.90. The van der Waals surface area contributed by atoms with Crippen molar-refractivity contribution in [1.82, 2.24) is 0 Å². The van der Waals surface area contributed by atoms with Gasteiger partial charge in [-0.05, 0) is 0 Å². The van der Waals surface area contributed by atoms with Crippen LogP contribution < -0.4 is 0 Å². The first kappa shape index (κ1) is 13.2. The van der Waals surface area contributed by atoms with Crippen molar-refractivity contribution < 1.29 is 23.4 Å². The summed E-state index contributed by atoms with van der Waals surface area (Å²) in [4.78, 5) is 8.00. The molecule has 0 saturated heterocycles. The number of rotatable bonds is 4. The summed E-state index contributed by atoms with van der Waals surface area (Å²) in [7, 11) is -3.18. The van der Waals surface area contributed by atoms with Crippen molar-refractivity contribution >= 4 is 16.6 Å². The molecule has 0 spiro atoms. The second kappa shape index (κ2) is 7.64. The average molecular weight is 184 g/mol. The molecule has 0 fully saturated rings. The summed E-state index contributed by atoms with van der Waals surface area (Å²) < 4.78 is 21.0. The Balaban J connectivity index is 0. The molecule has 2 N–H and O–H groups in total. The highest BCUT2D eigenvalue weighted by molar-refractivity contribution is 7.91. The van der Waals surface area contributed by atoms with Crippen LogP contribution in [-0.2, 0) is 14.6 Å². The molecule has 0 radical (unpaired) electrons. The lowest BCUT2D eigenvalue weighted by Gasteiger charge is -1.96. The molecule has 0 aliphatic carbocycles. The number of hydrogen-bond acceptors (Lipinski definition) is 5. The Kier molecular flexibility index (Phi) is 9.14. The van der Waals surface area contributed by atoms with Crippen LogP contribution in [0.15, 0.2) is 0 Å². The van der Waals surface area contributed by atoms with Crippen LogP contribution in [0.4, 0.5) is 0 Å². The third-order valence-electron chi connectivity index (χ3n) is 0.805. The van der Waals surface area contributed by atoms with Gasteiger partial charge in [-0.25, -0.2) is 8.42 Å². The van der Waals surface area contributed by atoms with Crippen molar-refractivity contribution in [2.75, 3.05) is 24.7 Å². The van der Waals surface area contributed by atoms with E-state index < -0.39 is 9.84 Å². The molecule has 0 atom stereocenters. The number of aliphatic hydroxyl groups is 2. The molecule has 0 rings (SSSR count). The van der Waals surface area contributed by atoms with Gasteiger partial charge in [0.15, 0.2) is 9.84 Å². The van der Waals surface area contributed by atoms with Gasteiger partial charge in [-0.2, -0.15) is 0 Å². The van der Waals surface area contributed by atoms with Crippen molar-refractivity contribution in [3.8, 4) is 0 Å². The smallest absolute Gasteiger partial charge is 0.154 e. The number of aliphatic hydroxyl groups excluding tert-OH is 2. The quantitative estimate of drug-likeness (QED) is 0.538. The Morgan fingerprint density at radius 2 is 1.27 bits per heavy atom. The van der Waals surface area contributed by atoms with Crippen LogP contribution in [0, 0.1) is 0 Å². The monoisotopic (exact) mass is 184 g/mol. The first-order chi connectivity index (χ1) is 5.12. The molecule has 0 aliphatic rings. The van der Waals surface area contributed by atoms with Gasteiger partial charge in [0.1, 0.15) is 6.79 Å². The largest absolute Gasteiger partial charge is 0.395 e. The van der Waals surface area contributed by atoms with Gasteiger partial charge in [0, 0.05) is 0 Å². The summed E-state index contributed by atoms with van der Waals surface area (Å²) in [5.74, 6) is -0.513. The highest BCUT2D eigenvalue weighted by atomic mass is 32.2. The minimum Gasteiger partial charge on any atom is -0.395 e. The third kappa shape index (κ3) is 9.54. The Morgan fingerprint density at radius 1 is 1.00 bits per heavy atom. The van der Waals surface area contributed by atoms with Crippen LogP contribution in [0.25, 0.3) is 0 Å². The zero-order valence-corrected chi connectivity index (χ0v) is 6.88. The number of carbonyl (C=O) groups is 1. The van der Waals surface area contributed by atoms with Gasteiger partial charge < -0.3 is 15.0 Å². The van der Waals surface area contributed by atoms with Gasteiger partial charge in [-0.3, -0.25) is 0 Å². The first-order valence-electron chi connectivity index (χ1n) is 2.83. The molecule has 0 saturated carbocycles. The minimum absolute atomic E-state index is 0.256. The molecular weight excluding hydrogens is 172 g/mol. The van der Waals surface area contributed by atoms with Gasteiger partial charge in [0.05, 0.1) is 24.7 Å². The molecule has 0 aliphatic heterocycles. The SMILES string of the molecule is C=O.O=S(=O)(CCO)CCO. The highest BCUT2D eigenvalue weighted by Crippen LogP contribution is 1.86. The first-order valence-corrected chi connectivity index (χ1v) is 4.65. The third-order valence-corrected chi connectivity index (χ3v) is 2.41. The van der Waals surface area contributed by atoms with E-state index in [2.05, 4.69) is 0 Å². The fourth-order valence-electron chi connectivity index (χ4n) is 0.380. The van der Waals surface area contributed by atoms with Crippen LogP contribution in [0.5, 0.6) is 0 Å². The molecule has 0 aromatic carbocycles. The summed E-state index contributed by atoms with van der Waals surface area (Å²) in [5.41, 5.74) is 0. The van der Waals surface area contributed by atoms with E-state index in [0.29, 0.717) is 0 Å². The maximum absolute atomic E-state index is 10.5. The Hall–Kier alpha value is -0.460. The maximum atomic E-state index is 10.5. The molecule has 0 aromatic rings. The lowest BCUT2D eigenvalue weighted by Crippen LogP contribution is -2.15. The molecular formula is C5H12O5S. The number of carbonyl (C=O) groups excluding carboxylic acids is 1. The van der Waals surface area contributed by atoms with Crippen LogP contribution in [0.1, 0.15) is 0 Å². The molecule has 11 heavy (non-hydrogen) atoms. The van der Waals surface area contributed by atoms with Crippen LogP contribution in [0.2, 0.25) is 0 Å². The van der Waals surface area contributed by atoms with Crippen molar-refractivity contribution in [3.63, 3.8) is 0 Å². The van der Waals surface area contributed by atoms with E-state index >= 15 is 0 Å². The van der Waals surface area contributed by atoms with Gasteiger partial charge in [-0.1, -0.05) is 0 Å². The normalized spacial score (nSPS) is 10.0. The standard InChI is InChI=1S/C4H10O4S.CH2O/c5-1-3-9(7,8)4-2-6;1-2/h5-6H,1-4H2;1H2. The maximum Gasteiger partial charge on any atom is 0.154 e. The van der Waals surface area contributed by atoms with E-state index in [-0.39, 0.29) is 24.7 Å². The van der Waals surface area contributed by atoms with Crippen LogP contribution in [0.3, 0.4) is 0 Å². The van der Waals surface area contributed by atoms with Crippen molar-refractivity contribution in [3.05, 3.63) is 0 Å². The molecule has 6 heteroatoms. The lowest BCUT2D eigenvalue weighted by atomic mass is 10.9. The van der Waals surface area contributed by atoms with E-state index in [0.717, 1.165) is 0 Å². The molecule has 5 nitrogen and oxygen atoms in total. The van der Waals surface area contributed by atoms with Crippen molar-refractivity contribution in [1.29, 1.82) is 0 Å². The van der Waals surface area contributed by atoms with Crippen molar-refractivity contribution in [2.45, 2.75) is 0 Å². The topological polar surface area (TPSA) is 91.7 Å². The molecule has 0 amide bonds. The van der Waals surface area contributed by atoms with Crippen LogP contribution >= 0.6 is 0 Å². The highest BCUT2D eigenvalue weighted by Gasteiger charge is 2.06. The van der Waals surface area contributed by atoms with Crippen LogP contribution in [-0.4, -0.2) is 50.1 Å². The molecule has 68 valence electrons. The van der Waals surface area contributed by atoms with E-state index in [1.54, 1.807) is 0 Å². The van der Waals surface area contributed by atoms with Crippen molar-refractivity contribution in [2.24, 2.45) is 0 Å². The minimum atomic E-state index is -3.18. The van der Waals surface area contributed by atoms with E-state index in [4.69, 9.17) is 15.0 Å². The summed E-state index contributed by atoms with van der Waals surface area (Å²) in [6.07, 6.45) is 0. The summed E-state index contributed by atoms with van der Waals surface area (Å²) in [6.45, 7) is 1.25. The summed E-state index contributed by atoms with van der Waals surface area (Å²) in [5, 5.41) is 16.3. The fraction of sp³-hybridized carbons (Fsp3) is 0.800. The number of hydrogen-bond donors (Lipinski definition) is 2. The number of sulfone groups is 1.